The van der Waals surface area contributed by atoms with Crippen LogP contribution in [0, 0.1) is 0 Å². The highest BCUT2D eigenvalue weighted by Gasteiger charge is 2.23. The Morgan fingerprint density at radius 1 is 1.29 bits per heavy atom. The lowest BCUT2D eigenvalue weighted by atomic mass is 10.1. The van der Waals surface area contributed by atoms with Gasteiger partial charge in [-0.05, 0) is 12.5 Å². The van der Waals surface area contributed by atoms with Crippen LogP contribution in [0.15, 0.2) is 36.4 Å². The molecule has 0 spiro atoms. The summed E-state index contributed by atoms with van der Waals surface area (Å²) < 4.78 is -0.150. The highest BCUT2D eigenvalue weighted by molar-refractivity contribution is 9.24. The number of hydrogen-bond donors (Lipinski definition) is 1. The predicted molar refractivity (Wildman–Crippen MR) is 67.7 cm³/mol. The molecule has 0 aliphatic carbocycles. The molecule has 0 saturated carbocycles. The van der Waals surface area contributed by atoms with Crippen molar-refractivity contribution in [3.63, 3.8) is 0 Å². The van der Waals surface area contributed by atoms with Crippen molar-refractivity contribution in [3.05, 3.63) is 42.0 Å². The van der Waals surface area contributed by atoms with E-state index >= 15 is 0 Å². The molecule has 76 valence electrons. The number of benzene rings is 1. The van der Waals surface area contributed by atoms with E-state index in [1.165, 1.54) is 0 Å². The number of hydrogen-bond acceptors (Lipinski definition) is 1. The van der Waals surface area contributed by atoms with Crippen LogP contribution in [-0.2, 0) is 0 Å². The maximum atomic E-state index is 9.87. The molecule has 1 N–H and O–H groups in total. The molecule has 0 saturated heterocycles. The first kappa shape index (κ1) is 12.0. The van der Waals surface area contributed by atoms with Crippen LogP contribution in [0.25, 0.3) is 6.08 Å². The van der Waals surface area contributed by atoms with Crippen molar-refractivity contribution >= 4 is 37.9 Å². The van der Waals surface area contributed by atoms with Gasteiger partial charge in [0.1, 0.15) is 9.34 Å². The third-order valence-corrected chi connectivity index (χ3v) is 3.71. The van der Waals surface area contributed by atoms with Crippen LogP contribution in [0.5, 0.6) is 0 Å². The Balaban J connectivity index is 2.74. The lowest BCUT2D eigenvalue weighted by Crippen LogP contribution is -2.28. The van der Waals surface area contributed by atoms with Gasteiger partial charge >= 0.3 is 0 Å². The standard InChI is InChI=1S/C11H12Br2O/c1-11(14,10(12)13)8-7-9-5-3-2-4-6-9/h2-8,10,14H,1H3/b8-7+. The number of halogens is 2. The average molecular weight is 320 g/mol. The zero-order valence-electron chi connectivity index (χ0n) is 7.82. The Kier molecular flexibility index (Phi) is 4.35. The fourth-order valence-electron chi connectivity index (χ4n) is 0.902. The van der Waals surface area contributed by atoms with E-state index < -0.39 is 5.60 Å². The summed E-state index contributed by atoms with van der Waals surface area (Å²) in [6.07, 6.45) is 3.66. The first-order valence-electron chi connectivity index (χ1n) is 4.27. The summed E-state index contributed by atoms with van der Waals surface area (Å²) in [5.74, 6) is 0. The quantitative estimate of drug-likeness (QED) is 0.844. The molecule has 3 heteroatoms. The molecule has 0 aliphatic rings. The third-order valence-electron chi connectivity index (χ3n) is 1.85. The zero-order chi connectivity index (χ0) is 10.6. The van der Waals surface area contributed by atoms with E-state index in [-0.39, 0.29) is 3.74 Å². The van der Waals surface area contributed by atoms with E-state index in [4.69, 9.17) is 0 Å². The molecule has 1 atom stereocenters. The molecule has 1 aromatic carbocycles. The largest absolute Gasteiger partial charge is 0.384 e. The maximum absolute atomic E-state index is 9.87. The lowest BCUT2D eigenvalue weighted by Gasteiger charge is -2.20. The third kappa shape index (κ3) is 3.56. The van der Waals surface area contributed by atoms with E-state index in [1.807, 2.05) is 36.4 Å². The molecule has 1 unspecified atom stereocenters. The van der Waals surface area contributed by atoms with Gasteiger partial charge in [0.05, 0.1) is 0 Å². The van der Waals surface area contributed by atoms with Gasteiger partial charge in [-0.1, -0.05) is 74.3 Å². The summed E-state index contributed by atoms with van der Waals surface area (Å²) in [4.78, 5) is 0. The summed E-state index contributed by atoms with van der Waals surface area (Å²) in [5, 5.41) is 9.87. The van der Waals surface area contributed by atoms with E-state index in [0.29, 0.717) is 0 Å². The number of rotatable bonds is 3. The fourth-order valence-corrected chi connectivity index (χ4v) is 1.21. The maximum Gasteiger partial charge on any atom is 0.102 e. The minimum absolute atomic E-state index is 0.150. The Morgan fingerprint density at radius 3 is 2.36 bits per heavy atom. The molecule has 0 amide bonds. The monoisotopic (exact) mass is 318 g/mol. The molecule has 1 aromatic rings. The summed E-state index contributed by atoms with van der Waals surface area (Å²) in [6.45, 7) is 1.74. The van der Waals surface area contributed by atoms with Crippen LogP contribution >= 0.6 is 31.9 Å². The highest BCUT2D eigenvalue weighted by Crippen LogP contribution is 2.25. The molecule has 0 fully saturated rings. The second kappa shape index (κ2) is 5.10. The smallest absolute Gasteiger partial charge is 0.102 e. The van der Waals surface area contributed by atoms with Gasteiger partial charge < -0.3 is 5.11 Å². The average Bonchev–Trinajstić information content (AvgIpc) is 2.16. The van der Waals surface area contributed by atoms with Gasteiger partial charge in [-0.25, -0.2) is 0 Å². The van der Waals surface area contributed by atoms with Gasteiger partial charge in [-0.2, -0.15) is 0 Å². The van der Waals surface area contributed by atoms with Crippen LogP contribution in [-0.4, -0.2) is 14.4 Å². The van der Waals surface area contributed by atoms with Crippen molar-refractivity contribution in [2.45, 2.75) is 16.3 Å². The van der Waals surface area contributed by atoms with Gasteiger partial charge in [-0.15, -0.1) is 0 Å². The SMILES string of the molecule is CC(O)(/C=C/c1ccccc1)C(Br)Br. The Bertz CT molecular complexity index is 304. The highest BCUT2D eigenvalue weighted by atomic mass is 79.9. The van der Waals surface area contributed by atoms with Gasteiger partial charge in [0.15, 0.2) is 0 Å². The van der Waals surface area contributed by atoms with Crippen LogP contribution < -0.4 is 0 Å². The minimum Gasteiger partial charge on any atom is -0.384 e. The van der Waals surface area contributed by atoms with Gasteiger partial charge in [0.25, 0.3) is 0 Å². The molecule has 0 bridgehead atoms. The first-order chi connectivity index (χ1) is 6.52. The summed E-state index contributed by atoms with van der Waals surface area (Å²) in [6, 6.07) is 9.88. The molecule has 0 heterocycles. The molecule has 0 aliphatic heterocycles. The van der Waals surface area contributed by atoms with Crippen LogP contribution in [0.2, 0.25) is 0 Å². The molecule has 0 radical (unpaired) electrons. The van der Waals surface area contributed by atoms with Crippen molar-refractivity contribution in [1.82, 2.24) is 0 Å². The topological polar surface area (TPSA) is 20.2 Å². The van der Waals surface area contributed by atoms with Gasteiger partial charge in [-0.3, -0.25) is 0 Å². The molecule has 1 nitrogen and oxygen atoms in total. The Morgan fingerprint density at radius 2 is 1.86 bits per heavy atom. The summed E-state index contributed by atoms with van der Waals surface area (Å²) >= 11 is 6.57. The normalized spacial score (nSPS) is 16.1. The van der Waals surface area contributed by atoms with Crippen molar-refractivity contribution in [3.8, 4) is 0 Å². The molecular weight excluding hydrogens is 308 g/mol. The zero-order valence-corrected chi connectivity index (χ0v) is 11.0. The Hall–Kier alpha value is -0.120. The minimum atomic E-state index is -0.893. The first-order valence-corrected chi connectivity index (χ1v) is 6.10. The van der Waals surface area contributed by atoms with Crippen LogP contribution in [0.1, 0.15) is 12.5 Å². The second-order valence-electron chi connectivity index (χ2n) is 3.27. The molecule has 14 heavy (non-hydrogen) atoms. The molecule has 0 aromatic heterocycles. The fraction of sp³-hybridized carbons (Fsp3) is 0.273. The van der Waals surface area contributed by atoms with Crippen molar-refractivity contribution < 1.29 is 5.11 Å². The van der Waals surface area contributed by atoms with Crippen molar-refractivity contribution in [1.29, 1.82) is 0 Å². The number of alkyl halides is 2. The Labute approximate surface area is 101 Å². The van der Waals surface area contributed by atoms with E-state index in [1.54, 1.807) is 13.0 Å². The number of aliphatic hydroxyl groups is 1. The van der Waals surface area contributed by atoms with Crippen LogP contribution in [0.4, 0.5) is 0 Å². The van der Waals surface area contributed by atoms with E-state index in [9.17, 15) is 5.11 Å². The lowest BCUT2D eigenvalue weighted by molar-refractivity contribution is 0.134. The summed E-state index contributed by atoms with van der Waals surface area (Å²) in [5.41, 5.74) is 0.184. The van der Waals surface area contributed by atoms with Gasteiger partial charge in [0.2, 0.25) is 0 Å². The molecule has 1 rings (SSSR count). The predicted octanol–water partition coefficient (Wildman–Crippen LogP) is 3.57. The van der Waals surface area contributed by atoms with E-state index in [0.717, 1.165) is 5.56 Å². The summed E-state index contributed by atoms with van der Waals surface area (Å²) in [7, 11) is 0. The molecular formula is C11H12Br2O. The second-order valence-corrected chi connectivity index (χ2v) is 6.33. The van der Waals surface area contributed by atoms with Crippen LogP contribution in [0.3, 0.4) is 0 Å². The van der Waals surface area contributed by atoms with Gasteiger partial charge in [0, 0.05) is 0 Å². The van der Waals surface area contributed by atoms with Crippen molar-refractivity contribution in [2.24, 2.45) is 0 Å². The van der Waals surface area contributed by atoms with Crippen molar-refractivity contribution in [2.75, 3.05) is 0 Å². The van der Waals surface area contributed by atoms with E-state index in [2.05, 4.69) is 31.9 Å².